The van der Waals surface area contributed by atoms with E-state index < -0.39 is 36.1 Å². The van der Waals surface area contributed by atoms with Crippen LogP contribution >= 0.6 is 12.6 Å². The number of esters is 1. The smallest absolute Gasteiger partial charge is 0.303 e. The molecule has 11 heteroatoms. The molecule has 4 N–H and O–H groups in total. The first-order valence-electron chi connectivity index (χ1n) is 9.30. The van der Waals surface area contributed by atoms with Gasteiger partial charge in [-0.15, -0.1) is 0 Å². The Bertz CT molecular complexity index is 953. The molecule has 4 atom stereocenters. The van der Waals surface area contributed by atoms with Crippen LogP contribution in [0.4, 0.5) is 5.95 Å². The minimum absolute atomic E-state index is 0.0510. The molecular weight excluding hydrogens is 386 g/mol. The molecule has 10 nitrogen and oxygen atoms in total. The number of aromatic nitrogens is 4. The highest BCUT2D eigenvalue weighted by atomic mass is 32.1. The van der Waals surface area contributed by atoms with Gasteiger partial charge < -0.3 is 20.3 Å². The number of aliphatic hydroxyl groups is 1. The average molecular weight is 409 g/mol. The lowest BCUT2D eigenvalue weighted by atomic mass is 10.1. The molecule has 1 aliphatic heterocycles. The maximum Gasteiger partial charge on any atom is 0.303 e. The van der Waals surface area contributed by atoms with E-state index in [1.165, 1.54) is 6.92 Å². The molecule has 1 saturated carbocycles. The van der Waals surface area contributed by atoms with Crippen molar-refractivity contribution in [3.05, 3.63) is 16.2 Å². The minimum atomic E-state index is -1.07. The van der Waals surface area contributed by atoms with E-state index >= 15 is 0 Å². The Hall–Kier alpha value is -2.11. The van der Waals surface area contributed by atoms with Crippen LogP contribution in [0.2, 0.25) is 0 Å². The number of anilines is 1. The number of fused-ring (bicyclic) bond motifs is 1. The summed E-state index contributed by atoms with van der Waals surface area (Å²) in [4.78, 5) is 35.3. The Morgan fingerprint density at radius 2 is 2.14 bits per heavy atom. The number of aliphatic hydroxyl groups excluding tert-OH is 1. The summed E-state index contributed by atoms with van der Waals surface area (Å²) < 4.78 is 13.0. The Labute approximate surface area is 165 Å². The van der Waals surface area contributed by atoms with Gasteiger partial charge in [0.15, 0.2) is 23.5 Å². The van der Waals surface area contributed by atoms with Crippen LogP contribution in [0.15, 0.2) is 4.79 Å². The fraction of sp³-hybridized carbons (Fsp3) is 0.647. The predicted molar refractivity (Wildman–Crippen MR) is 103 cm³/mol. The van der Waals surface area contributed by atoms with Crippen LogP contribution in [-0.2, 0) is 14.3 Å². The lowest BCUT2D eigenvalue weighted by Crippen LogP contribution is -2.36. The van der Waals surface area contributed by atoms with Gasteiger partial charge in [-0.25, -0.2) is 4.98 Å². The van der Waals surface area contributed by atoms with Gasteiger partial charge >= 0.3 is 5.97 Å². The number of hydrogen-bond acceptors (Lipinski definition) is 9. The van der Waals surface area contributed by atoms with E-state index in [-0.39, 0.29) is 28.8 Å². The number of nitrogens with two attached hydrogens (primary N) is 1. The third-order valence-corrected chi connectivity index (χ3v) is 5.73. The van der Waals surface area contributed by atoms with E-state index in [0.29, 0.717) is 5.82 Å². The number of aromatic amines is 1. The number of nitrogens with zero attached hydrogens (tertiary/aromatic N) is 3. The lowest BCUT2D eigenvalue weighted by Gasteiger charge is -2.24. The predicted octanol–water partition coefficient (Wildman–Crippen LogP) is 0.479. The molecule has 0 amide bonds. The molecule has 0 spiro atoms. The number of carbonyl (C=O) groups excluding carboxylic acids is 1. The zero-order chi connectivity index (χ0) is 20.0. The number of H-pyrrole nitrogens is 1. The molecule has 4 rings (SSSR count). The van der Waals surface area contributed by atoms with Crippen molar-refractivity contribution in [3.63, 3.8) is 0 Å². The number of imidazole rings is 1. The molecule has 2 aromatic rings. The summed E-state index contributed by atoms with van der Waals surface area (Å²) in [6.45, 7) is 1.27. The summed E-state index contributed by atoms with van der Waals surface area (Å²) in [6, 6.07) is 0. The van der Waals surface area contributed by atoms with Crippen molar-refractivity contribution in [2.24, 2.45) is 0 Å². The van der Waals surface area contributed by atoms with Crippen LogP contribution in [0.25, 0.3) is 11.2 Å². The van der Waals surface area contributed by atoms with Crippen LogP contribution in [0, 0.1) is 0 Å². The van der Waals surface area contributed by atoms with Gasteiger partial charge in [0.2, 0.25) is 5.95 Å². The summed E-state index contributed by atoms with van der Waals surface area (Å²) in [6.07, 6.45) is 0.368. The van der Waals surface area contributed by atoms with Crippen molar-refractivity contribution in [2.45, 2.75) is 63.1 Å². The van der Waals surface area contributed by atoms with Crippen molar-refractivity contribution in [1.82, 2.24) is 19.5 Å². The van der Waals surface area contributed by atoms with E-state index in [9.17, 15) is 14.7 Å². The minimum Gasteiger partial charge on any atom is -0.455 e. The highest BCUT2D eigenvalue weighted by Gasteiger charge is 2.48. The molecule has 0 radical (unpaired) electrons. The molecule has 3 heterocycles. The molecule has 0 bridgehead atoms. The highest BCUT2D eigenvalue weighted by molar-refractivity contribution is 7.80. The van der Waals surface area contributed by atoms with Crippen LogP contribution in [0.3, 0.4) is 0 Å². The molecule has 28 heavy (non-hydrogen) atoms. The molecule has 2 fully saturated rings. The van der Waals surface area contributed by atoms with Gasteiger partial charge in [-0.2, -0.15) is 17.6 Å². The second-order valence-electron chi connectivity index (χ2n) is 7.26. The van der Waals surface area contributed by atoms with E-state index in [0.717, 1.165) is 25.7 Å². The molecule has 0 aromatic carbocycles. The van der Waals surface area contributed by atoms with Crippen molar-refractivity contribution in [2.75, 3.05) is 11.5 Å². The topological polar surface area (TPSA) is 145 Å². The van der Waals surface area contributed by atoms with Crippen molar-refractivity contribution in [3.8, 4) is 0 Å². The maximum absolute atomic E-state index is 12.4. The van der Waals surface area contributed by atoms with Gasteiger partial charge in [-0.1, -0.05) is 12.8 Å². The summed E-state index contributed by atoms with van der Waals surface area (Å²) in [5.41, 5.74) is 5.70. The van der Waals surface area contributed by atoms with Gasteiger partial charge in [-0.3, -0.25) is 19.1 Å². The number of ether oxygens (including phenoxy) is 2. The van der Waals surface area contributed by atoms with E-state index in [1.54, 1.807) is 4.57 Å². The van der Waals surface area contributed by atoms with Crippen LogP contribution in [0.1, 0.15) is 50.6 Å². The Kier molecular flexibility index (Phi) is 5.06. The molecular formula is C17H23N5O5S. The van der Waals surface area contributed by atoms with Gasteiger partial charge in [0.1, 0.15) is 11.9 Å². The molecule has 0 unspecified atom stereocenters. The largest absolute Gasteiger partial charge is 0.455 e. The number of carbonyl (C=O) groups is 1. The highest BCUT2D eigenvalue weighted by Crippen LogP contribution is 2.40. The zero-order valence-corrected chi connectivity index (χ0v) is 16.3. The normalized spacial score (nSPS) is 28.2. The summed E-state index contributed by atoms with van der Waals surface area (Å²) in [7, 11) is 0. The second kappa shape index (κ2) is 7.37. The standard InChI is InChI=1S/C17H23N5O5S/c1-7(23)26-12-11(24)9(6-28)27-16(12)22-13(8-4-2-3-5-8)19-10-14(22)20-17(18)21-15(10)25/h8-9,11-12,16,24,28H,2-6H2,1H3,(H3,18,20,21,25)/t9-,11-,12-,16-/m1/s1. The van der Waals surface area contributed by atoms with Crippen molar-refractivity contribution < 1.29 is 19.4 Å². The Morgan fingerprint density at radius 1 is 1.43 bits per heavy atom. The molecule has 152 valence electrons. The maximum atomic E-state index is 12.4. The Balaban J connectivity index is 1.91. The van der Waals surface area contributed by atoms with Crippen molar-refractivity contribution in [1.29, 1.82) is 0 Å². The average Bonchev–Trinajstić information content (AvgIpc) is 3.33. The van der Waals surface area contributed by atoms with E-state index in [4.69, 9.17) is 15.2 Å². The third-order valence-electron chi connectivity index (χ3n) is 5.37. The number of thiol groups is 1. The first-order chi connectivity index (χ1) is 13.4. The lowest BCUT2D eigenvalue weighted by molar-refractivity contribution is -0.155. The zero-order valence-electron chi connectivity index (χ0n) is 15.4. The summed E-state index contributed by atoms with van der Waals surface area (Å²) >= 11 is 4.22. The quantitative estimate of drug-likeness (QED) is 0.421. The number of hydrogen-bond donors (Lipinski definition) is 4. The monoisotopic (exact) mass is 409 g/mol. The SMILES string of the molecule is CC(=O)O[C@@H]1[C@H](O)[C@@H](CS)O[C@H]1n1c(C2CCCC2)nc2c(=O)[nH]c(N)nc21. The van der Waals surface area contributed by atoms with Crippen molar-refractivity contribution >= 4 is 35.7 Å². The molecule has 2 aromatic heterocycles. The van der Waals surface area contributed by atoms with E-state index in [2.05, 4.69) is 27.6 Å². The van der Waals surface area contributed by atoms with Gasteiger partial charge in [0.05, 0.1) is 6.10 Å². The van der Waals surface area contributed by atoms with Gasteiger partial charge in [0.25, 0.3) is 5.56 Å². The third kappa shape index (κ3) is 3.16. The molecule has 1 aliphatic carbocycles. The molecule has 2 aliphatic rings. The second-order valence-corrected chi connectivity index (χ2v) is 7.62. The fourth-order valence-corrected chi connectivity index (χ4v) is 4.44. The number of nitrogens with one attached hydrogen (secondary N) is 1. The number of rotatable bonds is 4. The van der Waals surface area contributed by atoms with Gasteiger partial charge in [0, 0.05) is 18.6 Å². The Morgan fingerprint density at radius 3 is 2.79 bits per heavy atom. The molecule has 1 saturated heterocycles. The number of nitrogen functional groups attached to an aromatic ring is 1. The van der Waals surface area contributed by atoms with E-state index in [1.807, 2.05) is 0 Å². The van der Waals surface area contributed by atoms with Gasteiger partial charge in [-0.05, 0) is 12.8 Å². The van der Waals surface area contributed by atoms with Crippen LogP contribution < -0.4 is 11.3 Å². The summed E-state index contributed by atoms with van der Waals surface area (Å²) in [5.74, 6) is 0.380. The fourth-order valence-electron chi connectivity index (χ4n) is 4.14. The van der Waals surface area contributed by atoms with Crippen LogP contribution in [0.5, 0.6) is 0 Å². The first-order valence-corrected chi connectivity index (χ1v) is 9.93. The van der Waals surface area contributed by atoms with Crippen LogP contribution in [-0.4, -0.2) is 54.7 Å². The summed E-state index contributed by atoms with van der Waals surface area (Å²) in [5, 5.41) is 10.6. The first kappa shape index (κ1) is 19.2.